The van der Waals surface area contributed by atoms with Gasteiger partial charge < -0.3 is 10.2 Å². The number of halogens is 1. The van der Waals surface area contributed by atoms with E-state index >= 15 is 0 Å². The van der Waals surface area contributed by atoms with E-state index in [0.29, 0.717) is 5.69 Å². The molecule has 0 unspecified atom stereocenters. The molecule has 0 aliphatic rings. The van der Waals surface area contributed by atoms with Crippen LogP contribution < -0.4 is 5.32 Å². The number of hydrogen-bond acceptors (Lipinski definition) is 3. The van der Waals surface area contributed by atoms with Gasteiger partial charge in [-0.25, -0.2) is 4.39 Å². The highest BCUT2D eigenvalue weighted by Crippen LogP contribution is 2.18. The Morgan fingerprint density at radius 2 is 2.09 bits per heavy atom. The lowest BCUT2D eigenvalue weighted by Crippen LogP contribution is -2.36. The Bertz CT molecular complexity index is 537. The standard InChI is InChI=1S/C16H23FN2O2S/c1-5-22-9-8-11(2)19(4)16(21)14-10-13(18-12(3)20)6-7-15(14)17/h6-7,10-11H,5,8-9H2,1-4H3,(H,18,20)/t11-/m1/s1. The van der Waals surface area contributed by atoms with Crippen molar-refractivity contribution in [3.63, 3.8) is 0 Å². The lowest BCUT2D eigenvalue weighted by molar-refractivity contribution is -0.114. The maximum atomic E-state index is 13.9. The monoisotopic (exact) mass is 326 g/mol. The third-order valence-corrected chi connectivity index (χ3v) is 4.32. The van der Waals surface area contributed by atoms with Crippen molar-refractivity contribution in [3.05, 3.63) is 29.6 Å². The number of benzene rings is 1. The molecule has 0 bridgehead atoms. The first-order chi connectivity index (χ1) is 10.4. The zero-order valence-electron chi connectivity index (χ0n) is 13.5. The van der Waals surface area contributed by atoms with Gasteiger partial charge in [0, 0.05) is 25.7 Å². The molecule has 0 radical (unpaired) electrons. The van der Waals surface area contributed by atoms with E-state index in [-0.39, 0.29) is 23.4 Å². The molecule has 2 amide bonds. The van der Waals surface area contributed by atoms with E-state index in [4.69, 9.17) is 0 Å². The average Bonchev–Trinajstić information content (AvgIpc) is 2.47. The summed E-state index contributed by atoms with van der Waals surface area (Å²) < 4.78 is 13.9. The second-order valence-corrected chi connectivity index (χ2v) is 6.52. The minimum Gasteiger partial charge on any atom is -0.339 e. The number of hydrogen-bond donors (Lipinski definition) is 1. The van der Waals surface area contributed by atoms with Gasteiger partial charge in [0.05, 0.1) is 5.56 Å². The summed E-state index contributed by atoms with van der Waals surface area (Å²) in [7, 11) is 1.67. The minimum atomic E-state index is -0.582. The number of amides is 2. The minimum absolute atomic E-state index is 0.0235. The third kappa shape index (κ3) is 5.33. The van der Waals surface area contributed by atoms with Crippen molar-refractivity contribution >= 4 is 29.3 Å². The number of carbonyl (C=O) groups excluding carboxylic acids is 2. The van der Waals surface area contributed by atoms with Gasteiger partial charge in [-0.3, -0.25) is 9.59 Å². The normalized spacial score (nSPS) is 11.9. The summed E-state index contributed by atoms with van der Waals surface area (Å²) in [4.78, 5) is 25.1. The highest BCUT2D eigenvalue weighted by atomic mass is 32.2. The molecule has 0 spiro atoms. The highest BCUT2D eigenvalue weighted by molar-refractivity contribution is 7.99. The van der Waals surface area contributed by atoms with Gasteiger partial charge in [-0.1, -0.05) is 6.92 Å². The van der Waals surface area contributed by atoms with Crippen LogP contribution in [0.5, 0.6) is 0 Å². The predicted molar refractivity (Wildman–Crippen MR) is 89.9 cm³/mol. The first-order valence-electron chi connectivity index (χ1n) is 7.28. The summed E-state index contributed by atoms with van der Waals surface area (Å²) in [6, 6.07) is 4.04. The van der Waals surface area contributed by atoms with Crippen LogP contribution in [0.1, 0.15) is 37.6 Å². The summed E-state index contributed by atoms with van der Waals surface area (Å²) in [5, 5.41) is 2.56. The van der Waals surface area contributed by atoms with Crippen molar-refractivity contribution in [2.24, 2.45) is 0 Å². The van der Waals surface area contributed by atoms with E-state index in [1.165, 1.54) is 25.1 Å². The highest BCUT2D eigenvalue weighted by Gasteiger charge is 2.21. The molecule has 22 heavy (non-hydrogen) atoms. The summed E-state index contributed by atoms with van der Waals surface area (Å²) in [6.45, 7) is 5.40. The van der Waals surface area contributed by atoms with Gasteiger partial charge in [0.2, 0.25) is 5.91 Å². The van der Waals surface area contributed by atoms with Gasteiger partial charge in [0.1, 0.15) is 5.82 Å². The Morgan fingerprint density at radius 1 is 1.41 bits per heavy atom. The molecule has 0 fully saturated rings. The maximum Gasteiger partial charge on any atom is 0.256 e. The zero-order valence-corrected chi connectivity index (χ0v) is 14.3. The third-order valence-electron chi connectivity index (χ3n) is 3.38. The first kappa shape index (κ1) is 18.5. The summed E-state index contributed by atoms with van der Waals surface area (Å²) in [5.41, 5.74) is 0.392. The fourth-order valence-electron chi connectivity index (χ4n) is 1.95. The SMILES string of the molecule is CCSCC[C@@H](C)N(C)C(=O)c1cc(NC(C)=O)ccc1F. The molecule has 0 aliphatic carbocycles. The van der Waals surface area contributed by atoms with E-state index < -0.39 is 5.82 Å². The van der Waals surface area contributed by atoms with Crippen LogP contribution >= 0.6 is 11.8 Å². The predicted octanol–water partition coefficient (Wildman–Crippen LogP) is 3.39. The van der Waals surface area contributed by atoms with Gasteiger partial charge >= 0.3 is 0 Å². The van der Waals surface area contributed by atoms with Crippen molar-refractivity contribution in [2.45, 2.75) is 33.2 Å². The van der Waals surface area contributed by atoms with E-state index in [9.17, 15) is 14.0 Å². The lowest BCUT2D eigenvalue weighted by atomic mass is 10.1. The van der Waals surface area contributed by atoms with Crippen LogP contribution in [0.25, 0.3) is 0 Å². The van der Waals surface area contributed by atoms with Crippen LogP contribution in [0, 0.1) is 5.82 Å². The Labute approximate surface area is 135 Å². The van der Waals surface area contributed by atoms with Crippen molar-refractivity contribution in [2.75, 3.05) is 23.9 Å². The summed E-state index contributed by atoms with van der Waals surface area (Å²) in [5.74, 6) is 0.782. The van der Waals surface area contributed by atoms with Crippen molar-refractivity contribution in [1.29, 1.82) is 0 Å². The van der Waals surface area contributed by atoms with Gasteiger partial charge in [0.15, 0.2) is 0 Å². The smallest absolute Gasteiger partial charge is 0.256 e. The van der Waals surface area contributed by atoms with Crippen LogP contribution in [0.4, 0.5) is 10.1 Å². The van der Waals surface area contributed by atoms with Crippen LogP contribution in [0.15, 0.2) is 18.2 Å². The largest absolute Gasteiger partial charge is 0.339 e. The molecule has 0 aromatic heterocycles. The molecule has 1 aromatic rings. The van der Waals surface area contributed by atoms with Gasteiger partial charge in [-0.05, 0) is 43.0 Å². The van der Waals surface area contributed by atoms with Crippen LogP contribution in [-0.2, 0) is 4.79 Å². The Morgan fingerprint density at radius 3 is 2.68 bits per heavy atom. The van der Waals surface area contributed by atoms with E-state index in [0.717, 1.165) is 17.9 Å². The fraction of sp³-hybridized carbons (Fsp3) is 0.500. The van der Waals surface area contributed by atoms with Crippen molar-refractivity contribution < 1.29 is 14.0 Å². The number of anilines is 1. The topological polar surface area (TPSA) is 49.4 Å². The van der Waals surface area contributed by atoms with E-state index in [2.05, 4.69) is 12.2 Å². The second kappa shape index (κ2) is 8.78. The molecule has 1 N–H and O–H groups in total. The molecule has 0 heterocycles. The Hall–Kier alpha value is -1.56. The number of carbonyl (C=O) groups is 2. The average molecular weight is 326 g/mol. The van der Waals surface area contributed by atoms with Gasteiger partial charge in [-0.15, -0.1) is 0 Å². The molecule has 6 heteroatoms. The van der Waals surface area contributed by atoms with E-state index in [1.54, 1.807) is 11.9 Å². The van der Waals surface area contributed by atoms with Gasteiger partial charge in [0.25, 0.3) is 5.91 Å². The molecule has 1 rings (SSSR count). The lowest BCUT2D eigenvalue weighted by Gasteiger charge is -2.25. The Kier molecular flexibility index (Phi) is 7.38. The van der Waals surface area contributed by atoms with Gasteiger partial charge in [-0.2, -0.15) is 11.8 Å². The maximum absolute atomic E-state index is 13.9. The number of rotatable bonds is 7. The second-order valence-electron chi connectivity index (χ2n) is 5.13. The number of thioether (sulfide) groups is 1. The quantitative estimate of drug-likeness (QED) is 0.781. The van der Waals surface area contributed by atoms with Crippen molar-refractivity contribution in [1.82, 2.24) is 4.90 Å². The number of nitrogens with one attached hydrogen (secondary N) is 1. The molecule has 0 saturated heterocycles. The molecule has 0 aliphatic heterocycles. The first-order valence-corrected chi connectivity index (χ1v) is 8.44. The fourth-order valence-corrected chi connectivity index (χ4v) is 2.75. The summed E-state index contributed by atoms with van der Waals surface area (Å²) in [6.07, 6.45) is 0.855. The van der Waals surface area contributed by atoms with Crippen LogP contribution in [-0.4, -0.2) is 41.3 Å². The van der Waals surface area contributed by atoms with Crippen LogP contribution in [0.3, 0.4) is 0 Å². The molecule has 0 saturated carbocycles. The van der Waals surface area contributed by atoms with E-state index in [1.807, 2.05) is 18.7 Å². The molecule has 1 atom stereocenters. The molecule has 1 aromatic carbocycles. The Balaban J connectivity index is 2.84. The molecular weight excluding hydrogens is 303 g/mol. The van der Waals surface area contributed by atoms with Crippen molar-refractivity contribution in [3.8, 4) is 0 Å². The molecule has 122 valence electrons. The molecular formula is C16H23FN2O2S. The molecule has 4 nitrogen and oxygen atoms in total. The summed E-state index contributed by atoms with van der Waals surface area (Å²) >= 11 is 1.81. The number of nitrogens with zero attached hydrogens (tertiary/aromatic N) is 1. The zero-order chi connectivity index (χ0) is 16.7. The van der Waals surface area contributed by atoms with Crippen LogP contribution in [0.2, 0.25) is 0 Å².